The highest BCUT2D eigenvalue weighted by atomic mass is 32.2. The van der Waals surface area contributed by atoms with Gasteiger partial charge in [0.1, 0.15) is 5.52 Å². The first-order chi connectivity index (χ1) is 9.54. The summed E-state index contributed by atoms with van der Waals surface area (Å²) in [7, 11) is 0. The third-order valence-electron chi connectivity index (χ3n) is 2.92. The predicted octanol–water partition coefficient (Wildman–Crippen LogP) is 2.84. The second-order valence-electron chi connectivity index (χ2n) is 4.55. The standard InChI is InChI=1S/C13H17N3O2S2/c1-8-4-5-14-12-11(8)15-13(20-7-10(17)18)16(12)9(2)6-19-3/h4-5,9H,6-7H2,1-3H3,(H,17,18). The van der Waals surface area contributed by atoms with Crippen LogP contribution in [0.4, 0.5) is 0 Å². The van der Waals surface area contributed by atoms with Crippen molar-refractivity contribution in [3.8, 4) is 0 Å². The fraction of sp³-hybridized carbons (Fsp3) is 0.462. The van der Waals surface area contributed by atoms with Crippen molar-refractivity contribution in [2.24, 2.45) is 0 Å². The monoisotopic (exact) mass is 311 g/mol. The van der Waals surface area contributed by atoms with Crippen LogP contribution in [0, 0.1) is 6.92 Å². The van der Waals surface area contributed by atoms with Gasteiger partial charge in [0.15, 0.2) is 10.8 Å². The molecule has 2 aromatic rings. The molecule has 0 aliphatic rings. The average molecular weight is 311 g/mol. The van der Waals surface area contributed by atoms with E-state index in [9.17, 15) is 4.79 Å². The van der Waals surface area contributed by atoms with Gasteiger partial charge in [-0.2, -0.15) is 11.8 Å². The Hall–Kier alpha value is -1.21. The summed E-state index contributed by atoms with van der Waals surface area (Å²) in [4.78, 5) is 19.8. The number of imidazole rings is 1. The number of hydrogen-bond donors (Lipinski definition) is 1. The van der Waals surface area contributed by atoms with Gasteiger partial charge in [0.05, 0.1) is 5.75 Å². The molecule has 0 aliphatic heterocycles. The Labute approximate surface area is 126 Å². The Morgan fingerprint density at radius 3 is 2.95 bits per heavy atom. The van der Waals surface area contributed by atoms with Crippen LogP contribution >= 0.6 is 23.5 Å². The van der Waals surface area contributed by atoms with Crippen LogP contribution in [0.15, 0.2) is 17.4 Å². The molecule has 2 rings (SSSR count). The molecule has 1 unspecified atom stereocenters. The van der Waals surface area contributed by atoms with E-state index in [4.69, 9.17) is 5.11 Å². The fourth-order valence-corrected chi connectivity index (χ4v) is 3.48. The van der Waals surface area contributed by atoms with Crippen molar-refractivity contribution < 1.29 is 9.90 Å². The van der Waals surface area contributed by atoms with Crippen LogP contribution < -0.4 is 0 Å². The molecular formula is C13H17N3O2S2. The zero-order valence-electron chi connectivity index (χ0n) is 11.7. The lowest BCUT2D eigenvalue weighted by Gasteiger charge is -2.15. The normalized spacial score (nSPS) is 12.8. The molecule has 0 fully saturated rings. The molecule has 0 aromatic carbocycles. The Kier molecular flexibility index (Phi) is 4.93. The third-order valence-corrected chi connectivity index (χ3v) is 4.67. The number of carboxylic acid groups (broad SMARTS) is 1. The molecule has 0 aliphatic carbocycles. The van der Waals surface area contributed by atoms with Crippen LogP contribution in [0.25, 0.3) is 11.2 Å². The minimum absolute atomic E-state index is 0.00829. The molecule has 2 aromatic heterocycles. The van der Waals surface area contributed by atoms with Gasteiger partial charge in [-0.15, -0.1) is 0 Å². The molecular weight excluding hydrogens is 294 g/mol. The van der Waals surface area contributed by atoms with E-state index >= 15 is 0 Å². The number of carboxylic acids is 1. The summed E-state index contributed by atoms with van der Waals surface area (Å²) in [5.74, 6) is 0.103. The SMILES string of the molecule is CSCC(C)n1c(SCC(=O)O)nc2c(C)ccnc21. The second kappa shape index (κ2) is 6.49. The smallest absolute Gasteiger partial charge is 0.313 e. The summed E-state index contributed by atoms with van der Waals surface area (Å²) in [6.07, 6.45) is 3.83. The van der Waals surface area contributed by atoms with Crippen molar-refractivity contribution in [3.05, 3.63) is 17.8 Å². The maximum Gasteiger partial charge on any atom is 0.313 e. The van der Waals surface area contributed by atoms with Gasteiger partial charge in [-0.05, 0) is 31.7 Å². The van der Waals surface area contributed by atoms with E-state index in [1.165, 1.54) is 11.8 Å². The zero-order valence-corrected chi connectivity index (χ0v) is 13.3. The second-order valence-corrected chi connectivity index (χ2v) is 6.40. The van der Waals surface area contributed by atoms with Crippen LogP contribution in [0.2, 0.25) is 0 Å². The molecule has 20 heavy (non-hydrogen) atoms. The molecule has 1 atom stereocenters. The van der Waals surface area contributed by atoms with Gasteiger partial charge in [-0.3, -0.25) is 9.36 Å². The molecule has 7 heteroatoms. The van der Waals surface area contributed by atoms with Crippen molar-refractivity contribution in [1.82, 2.24) is 14.5 Å². The summed E-state index contributed by atoms with van der Waals surface area (Å²) in [5, 5.41) is 9.59. The third kappa shape index (κ3) is 3.09. The fourth-order valence-electron chi connectivity index (χ4n) is 2.03. The maximum atomic E-state index is 10.8. The molecule has 2 heterocycles. The first-order valence-corrected chi connectivity index (χ1v) is 8.59. The number of hydrogen-bond acceptors (Lipinski definition) is 5. The number of aryl methyl sites for hydroxylation is 1. The molecule has 0 spiro atoms. The van der Waals surface area contributed by atoms with Crippen LogP contribution in [0.1, 0.15) is 18.5 Å². The van der Waals surface area contributed by atoms with Crippen LogP contribution in [-0.2, 0) is 4.79 Å². The quantitative estimate of drug-likeness (QED) is 0.827. The van der Waals surface area contributed by atoms with E-state index < -0.39 is 5.97 Å². The molecule has 0 amide bonds. The number of carbonyl (C=O) groups is 1. The van der Waals surface area contributed by atoms with Crippen molar-refractivity contribution in [2.45, 2.75) is 25.0 Å². The van der Waals surface area contributed by atoms with E-state index in [1.807, 2.05) is 17.6 Å². The largest absolute Gasteiger partial charge is 0.481 e. The zero-order chi connectivity index (χ0) is 14.7. The van der Waals surface area contributed by atoms with Gasteiger partial charge in [0.2, 0.25) is 0 Å². The topological polar surface area (TPSA) is 68.0 Å². The summed E-state index contributed by atoms with van der Waals surface area (Å²) in [6.45, 7) is 4.10. The lowest BCUT2D eigenvalue weighted by atomic mass is 10.3. The summed E-state index contributed by atoms with van der Waals surface area (Å²) < 4.78 is 2.05. The average Bonchev–Trinajstić information content (AvgIpc) is 2.76. The molecule has 108 valence electrons. The highest BCUT2D eigenvalue weighted by molar-refractivity contribution is 7.99. The van der Waals surface area contributed by atoms with Crippen molar-refractivity contribution in [1.29, 1.82) is 0 Å². The van der Waals surface area contributed by atoms with Crippen LogP contribution in [0.5, 0.6) is 0 Å². The van der Waals surface area contributed by atoms with E-state index in [-0.39, 0.29) is 11.8 Å². The van der Waals surface area contributed by atoms with Gasteiger partial charge in [0.25, 0.3) is 0 Å². The molecule has 0 bridgehead atoms. The number of rotatable bonds is 6. The first kappa shape index (κ1) is 15.2. The van der Waals surface area contributed by atoms with Gasteiger partial charge >= 0.3 is 5.97 Å². The number of nitrogens with zero attached hydrogens (tertiary/aromatic N) is 3. The van der Waals surface area contributed by atoms with E-state index in [1.54, 1.807) is 18.0 Å². The Balaban J connectivity index is 2.50. The number of pyridine rings is 1. The maximum absolute atomic E-state index is 10.8. The number of fused-ring (bicyclic) bond motifs is 1. The number of thioether (sulfide) groups is 2. The van der Waals surface area contributed by atoms with Gasteiger partial charge in [-0.25, -0.2) is 9.97 Å². The van der Waals surface area contributed by atoms with Gasteiger partial charge in [0, 0.05) is 18.0 Å². The van der Waals surface area contributed by atoms with Crippen molar-refractivity contribution >= 4 is 40.7 Å². The lowest BCUT2D eigenvalue weighted by Crippen LogP contribution is -2.10. The minimum atomic E-state index is -0.837. The lowest BCUT2D eigenvalue weighted by molar-refractivity contribution is -0.133. The highest BCUT2D eigenvalue weighted by Gasteiger charge is 2.18. The number of aromatic nitrogens is 3. The van der Waals surface area contributed by atoms with E-state index in [0.717, 1.165) is 27.6 Å². The Bertz CT molecular complexity index is 627. The summed E-state index contributed by atoms with van der Waals surface area (Å²) in [5.41, 5.74) is 2.75. The minimum Gasteiger partial charge on any atom is -0.481 e. The molecule has 0 saturated carbocycles. The van der Waals surface area contributed by atoms with Gasteiger partial charge < -0.3 is 5.11 Å². The Morgan fingerprint density at radius 1 is 1.55 bits per heavy atom. The summed E-state index contributed by atoms with van der Waals surface area (Å²) >= 11 is 3.00. The van der Waals surface area contributed by atoms with Crippen LogP contribution in [0.3, 0.4) is 0 Å². The number of aliphatic carboxylic acids is 1. The molecule has 0 saturated heterocycles. The highest BCUT2D eigenvalue weighted by Crippen LogP contribution is 2.29. The van der Waals surface area contributed by atoms with Gasteiger partial charge in [-0.1, -0.05) is 11.8 Å². The Morgan fingerprint density at radius 2 is 2.30 bits per heavy atom. The van der Waals surface area contributed by atoms with Crippen molar-refractivity contribution in [3.63, 3.8) is 0 Å². The van der Waals surface area contributed by atoms with Crippen LogP contribution in [-0.4, -0.2) is 43.4 Å². The van der Waals surface area contributed by atoms with Crippen molar-refractivity contribution in [2.75, 3.05) is 17.8 Å². The van der Waals surface area contributed by atoms with E-state index in [0.29, 0.717) is 0 Å². The predicted molar refractivity (Wildman–Crippen MR) is 83.7 cm³/mol. The molecule has 1 N–H and O–H groups in total. The van der Waals surface area contributed by atoms with E-state index in [2.05, 4.69) is 23.1 Å². The first-order valence-electron chi connectivity index (χ1n) is 6.21. The molecule has 5 nitrogen and oxygen atoms in total. The summed E-state index contributed by atoms with van der Waals surface area (Å²) in [6, 6.07) is 2.14. The molecule has 0 radical (unpaired) electrons.